The highest BCUT2D eigenvalue weighted by Gasteiger charge is 2.08. The molecule has 0 spiro atoms. The van der Waals surface area contributed by atoms with E-state index in [0.29, 0.717) is 12.4 Å². The molecule has 0 fully saturated rings. The van der Waals surface area contributed by atoms with Crippen molar-refractivity contribution in [2.75, 3.05) is 0 Å². The quantitative estimate of drug-likeness (QED) is 0.527. The Bertz CT molecular complexity index is 799. The van der Waals surface area contributed by atoms with E-state index >= 15 is 0 Å². The fourth-order valence-electron chi connectivity index (χ4n) is 1.91. The lowest BCUT2D eigenvalue weighted by atomic mass is 10.2. The normalized spacial score (nSPS) is 10.6. The van der Waals surface area contributed by atoms with Crippen LogP contribution in [0.1, 0.15) is 5.56 Å². The van der Waals surface area contributed by atoms with Crippen LogP contribution in [0, 0.1) is 10.1 Å². The van der Waals surface area contributed by atoms with Crippen LogP contribution in [-0.2, 0) is 6.54 Å². The van der Waals surface area contributed by atoms with Crippen molar-refractivity contribution in [3.05, 3.63) is 68.7 Å². The van der Waals surface area contributed by atoms with Crippen molar-refractivity contribution < 1.29 is 4.92 Å². The van der Waals surface area contributed by atoms with E-state index in [2.05, 4.69) is 31.3 Å². The van der Waals surface area contributed by atoms with Gasteiger partial charge in [0.05, 0.1) is 11.5 Å². The van der Waals surface area contributed by atoms with Crippen molar-refractivity contribution in [1.82, 2.24) is 20.2 Å². The van der Waals surface area contributed by atoms with E-state index in [-0.39, 0.29) is 5.69 Å². The summed E-state index contributed by atoms with van der Waals surface area (Å²) >= 11 is 3.37. The van der Waals surface area contributed by atoms with E-state index in [9.17, 15) is 10.1 Å². The van der Waals surface area contributed by atoms with Crippen LogP contribution in [0.25, 0.3) is 11.4 Å². The summed E-state index contributed by atoms with van der Waals surface area (Å²) in [5.41, 5.74) is 1.80. The van der Waals surface area contributed by atoms with Crippen LogP contribution in [0.15, 0.2) is 53.0 Å². The third-order valence-electron chi connectivity index (χ3n) is 3.03. The van der Waals surface area contributed by atoms with Crippen molar-refractivity contribution >= 4 is 21.6 Å². The zero-order chi connectivity index (χ0) is 15.5. The minimum Gasteiger partial charge on any atom is -0.258 e. The van der Waals surface area contributed by atoms with Crippen molar-refractivity contribution in [2.24, 2.45) is 0 Å². The van der Waals surface area contributed by atoms with Gasteiger partial charge in [0.1, 0.15) is 0 Å². The first-order valence-corrected chi connectivity index (χ1v) is 7.18. The van der Waals surface area contributed by atoms with Gasteiger partial charge in [0.2, 0.25) is 5.82 Å². The molecule has 22 heavy (non-hydrogen) atoms. The fourth-order valence-corrected chi connectivity index (χ4v) is 2.18. The van der Waals surface area contributed by atoms with Crippen LogP contribution in [0.4, 0.5) is 5.69 Å². The Hall–Kier alpha value is -2.61. The Balaban J connectivity index is 1.76. The zero-order valence-electron chi connectivity index (χ0n) is 11.3. The Labute approximate surface area is 133 Å². The predicted octanol–water partition coefficient (Wildman–Crippen LogP) is 3.06. The maximum atomic E-state index is 10.6. The van der Waals surface area contributed by atoms with Crippen LogP contribution in [0.5, 0.6) is 0 Å². The smallest absolute Gasteiger partial charge is 0.258 e. The molecule has 110 valence electrons. The number of nitrogens with zero attached hydrogens (tertiary/aromatic N) is 5. The van der Waals surface area contributed by atoms with Gasteiger partial charge in [0, 0.05) is 22.2 Å². The van der Waals surface area contributed by atoms with Gasteiger partial charge in [-0.25, -0.2) is 0 Å². The van der Waals surface area contributed by atoms with Gasteiger partial charge in [0.25, 0.3) is 5.69 Å². The number of tetrazole rings is 1. The first-order chi connectivity index (χ1) is 10.6. The van der Waals surface area contributed by atoms with E-state index in [1.54, 1.807) is 12.1 Å². The predicted molar refractivity (Wildman–Crippen MR) is 83.2 cm³/mol. The summed E-state index contributed by atoms with van der Waals surface area (Å²) in [6.45, 7) is 0.404. The van der Waals surface area contributed by atoms with Crippen LogP contribution in [-0.4, -0.2) is 25.1 Å². The van der Waals surface area contributed by atoms with E-state index < -0.39 is 4.92 Å². The second-order valence-corrected chi connectivity index (χ2v) is 5.49. The Morgan fingerprint density at radius 3 is 2.41 bits per heavy atom. The van der Waals surface area contributed by atoms with Gasteiger partial charge in [-0.05, 0) is 35.0 Å². The fraction of sp³-hybridized carbons (Fsp3) is 0.0714. The van der Waals surface area contributed by atoms with Crippen molar-refractivity contribution in [3.8, 4) is 11.4 Å². The highest BCUT2D eigenvalue weighted by molar-refractivity contribution is 9.10. The van der Waals surface area contributed by atoms with Crippen molar-refractivity contribution in [1.29, 1.82) is 0 Å². The Kier molecular flexibility index (Phi) is 3.92. The molecule has 0 atom stereocenters. The van der Waals surface area contributed by atoms with Crippen LogP contribution in [0.2, 0.25) is 0 Å². The molecule has 7 nitrogen and oxygen atoms in total. The molecule has 0 saturated heterocycles. The monoisotopic (exact) mass is 359 g/mol. The third kappa shape index (κ3) is 3.17. The molecule has 0 unspecified atom stereocenters. The number of rotatable bonds is 4. The number of hydrogen-bond acceptors (Lipinski definition) is 5. The molecule has 1 aromatic heterocycles. The molecule has 2 aromatic carbocycles. The molecule has 0 saturated carbocycles. The third-order valence-corrected chi connectivity index (χ3v) is 3.56. The number of hydrogen-bond donors (Lipinski definition) is 0. The lowest BCUT2D eigenvalue weighted by Gasteiger charge is -1.99. The highest BCUT2D eigenvalue weighted by Crippen LogP contribution is 2.18. The molecule has 0 aliphatic carbocycles. The molecule has 3 rings (SSSR count). The second-order valence-electron chi connectivity index (χ2n) is 4.57. The van der Waals surface area contributed by atoms with Gasteiger partial charge in [-0.1, -0.05) is 28.1 Å². The number of halogens is 1. The summed E-state index contributed by atoms with van der Waals surface area (Å²) in [5, 5.41) is 22.9. The van der Waals surface area contributed by atoms with Crippen molar-refractivity contribution in [2.45, 2.75) is 6.54 Å². The molecular weight excluding hydrogens is 350 g/mol. The maximum Gasteiger partial charge on any atom is 0.269 e. The standard InChI is InChI=1S/C14H10BrN5O2/c15-12-5-3-11(4-6-12)14-16-18-19(17-14)9-10-1-7-13(8-2-10)20(21)22/h1-8H,9H2. The van der Waals surface area contributed by atoms with Gasteiger partial charge in [-0.3, -0.25) is 10.1 Å². The number of aromatic nitrogens is 4. The van der Waals surface area contributed by atoms with E-state index in [0.717, 1.165) is 15.6 Å². The van der Waals surface area contributed by atoms with E-state index in [1.807, 2.05) is 24.3 Å². The summed E-state index contributed by atoms with van der Waals surface area (Å²) in [6.07, 6.45) is 0. The molecule has 0 aliphatic rings. The van der Waals surface area contributed by atoms with Gasteiger partial charge in [-0.15, -0.1) is 10.2 Å². The molecule has 0 radical (unpaired) electrons. The average molecular weight is 360 g/mol. The number of nitro benzene ring substituents is 1. The molecule has 0 amide bonds. The summed E-state index contributed by atoms with van der Waals surface area (Å²) in [6, 6.07) is 13.9. The molecule has 0 N–H and O–H groups in total. The summed E-state index contributed by atoms with van der Waals surface area (Å²) in [4.78, 5) is 11.6. The first kappa shape index (κ1) is 14.3. The first-order valence-electron chi connectivity index (χ1n) is 6.39. The molecular formula is C14H10BrN5O2. The lowest BCUT2D eigenvalue weighted by Crippen LogP contribution is -2.04. The Morgan fingerprint density at radius 2 is 1.77 bits per heavy atom. The van der Waals surface area contributed by atoms with Crippen LogP contribution < -0.4 is 0 Å². The SMILES string of the molecule is O=[N+]([O-])c1ccc(Cn2nnc(-c3ccc(Br)cc3)n2)cc1. The van der Waals surface area contributed by atoms with Crippen LogP contribution in [0.3, 0.4) is 0 Å². The van der Waals surface area contributed by atoms with Crippen molar-refractivity contribution in [3.63, 3.8) is 0 Å². The second kappa shape index (κ2) is 6.02. The van der Waals surface area contributed by atoms with Gasteiger partial charge in [0.15, 0.2) is 0 Å². The largest absolute Gasteiger partial charge is 0.269 e. The summed E-state index contributed by atoms with van der Waals surface area (Å²) in [5.74, 6) is 0.536. The van der Waals surface area contributed by atoms with E-state index in [4.69, 9.17) is 0 Å². The number of nitro groups is 1. The minimum absolute atomic E-state index is 0.0610. The molecule has 8 heteroatoms. The minimum atomic E-state index is -0.427. The van der Waals surface area contributed by atoms with Gasteiger partial charge < -0.3 is 0 Å². The number of benzene rings is 2. The van der Waals surface area contributed by atoms with Gasteiger partial charge in [-0.2, -0.15) is 4.80 Å². The molecule has 1 heterocycles. The summed E-state index contributed by atoms with van der Waals surface area (Å²) < 4.78 is 0.981. The molecule has 0 bridgehead atoms. The topological polar surface area (TPSA) is 86.7 Å². The zero-order valence-corrected chi connectivity index (χ0v) is 12.8. The maximum absolute atomic E-state index is 10.6. The molecule has 0 aliphatic heterocycles. The average Bonchev–Trinajstić information content (AvgIpc) is 2.97. The van der Waals surface area contributed by atoms with Gasteiger partial charge >= 0.3 is 0 Å². The summed E-state index contributed by atoms with van der Waals surface area (Å²) in [7, 11) is 0. The van der Waals surface area contributed by atoms with E-state index in [1.165, 1.54) is 16.9 Å². The Morgan fingerprint density at radius 1 is 1.09 bits per heavy atom. The molecule has 3 aromatic rings. The highest BCUT2D eigenvalue weighted by atomic mass is 79.9. The van der Waals surface area contributed by atoms with Crippen LogP contribution >= 0.6 is 15.9 Å². The lowest BCUT2D eigenvalue weighted by molar-refractivity contribution is -0.384. The number of non-ortho nitro benzene ring substituents is 1.